The van der Waals surface area contributed by atoms with Crippen molar-refractivity contribution in [2.24, 2.45) is 11.5 Å². The lowest BCUT2D eigenvalue weighted by molar-refractivity contribution is -0.223. The summed E-state index contributed by atoms with van der Waals surface area (Å²) in [4.78, 5) is 29.6. The number of para-hydroxylation sites is 1. The number of aromatic amines is 1. The number of nitrogens with two attached hydrogens (primary N) is 2. The third-order valence-electron chi connectivity index (χ3n) is 6.59. The molecular weight excluding hydrogens is 478 g/mol. The smallest absolute Gasteiger partial charge is 0.243 e. The number of carbonyl (C=O) groups is 2. The summed E-state index contributed by atoms with van der Waals surface area (Å²) < 4.78 is 5.54. The third-order valence-corrected chi connectivity index (χ3v) is 6.59. The van der Waals surface area contributed by atoms with E-state index in [9.17, 15) is 24.9 Å². The average molecular weight is 512 g/mol. The van der Waals surface area contributed by atoms with Crippen LogP contribution >= 0.6 is 0 Å². The molecule has 1 aliphatic heterocycles. The van der Waals surface area contributed by atoms with Crippen LogP contribution < -0.4 is 22.1 Å². The molecule has 4 rings (SSSR count). The van der Waals surface area contributed by atoms with Crippen LogP contribution in [0.3, 0.4) is 0 Å². The van der Waals surface area contributed by atoms with E-state index in [-0.39, 0.29) is 19.5 Å². The minimum atomic E-state index is -1.63. The van der Waals surface area contributed by atoms with E-state index < -0.39 is 54.4 Å². The zero-order valence-corrected chi connectivity index (χ0v) is 20.2. The molecule has 1 aromatic heterocycles. The van der Waals surface area contributed by atoms with Gasteiger partial charge < -0.3 is 47.1 Å². The van der Waals surface area contributed by atoms with E-state index in [0.717, 1.165) is 22.2 Å². The Kier molecular flexibility index (Phi) is 8.54. The molecule has 0 spiro atoms. The Morgan fingerprint density at radius 2 is 1.68 bits per heavy atom. The fraction of sp³-hybridized carbons (Fsp3) is 0.385. The fourth-order valence-electron chi connectivity index (χ4n) is 4.47. The van der Waals surface area contributed by atoms with Crippen molar-refractivity contribution in [3.63, 3.8) is 0 Å². The Balaban J connectivity index is 1.50. The quantitative estimate of drug-likeness (QED) is 0.172. The molecule has 0 radical (unpaired) electrons. The number of amides is 2. The number of hydrogen-bond acceptors (Lipinski definition) is 8. The maximum Gasteiger partial charge on any atom is 0.243 e. The van der Waals surface area contributed by atoms with Crippen molar-refractivity contribution in [2.45, 2.75) is 55.6 Å². The summed E-state index contributed by atoms with van der Waals surface area (Å²) in [5, 5.41) is 37.0. The number of hydrogen-bond donors (Lipinski definition) is 8. The summed E-state index contributed by atoms with van der Waals surface area (Å²) in [6, 6.07) is 16.4. The van der Waals surface area contributed by atoms with Crippen molar-refractivity contribution < 1.29 is 29.6 Å². The zero-order valence-electron chi connectivity index (χ0n) is 20.2. The largest absolute Gasteiger partial charge is 0.388 e. The summed E-state index contributed by atoms with van der Waals surface area (Å²) in [5.41, 5.74) is 14.2. The highest BCUT2D eigenvalue weighted by molar-refractivity contribution is 5.90. The second-order valence-electron chi connectivity index (χ2n) is 9.22. The van der Waals surface area contributed by atoms with E-state index in [0.29, 0.717) is 0 Å². The predicted molar refractivity (Wildman–Crippen MR) is 136 cm³/mol. The van der Waals surface area contributed by atoms with Crippen LogP contribution in [-0.2, 0) is 27.3 Å². The van der Waals surface area contributed by atoms with E-state index in [1.54, 1.807) is 0 Å². The number of H-pyrrole nitrogens is 1. The molecule has 0 aliphatic carbocycles. The molecule has 37 heavy (non-hydrogen) atoms. The van der Waals surface area contributed by atoms with Gasteiger partial charge in [0.25, 0.3) is 0 Å². The van der Waals surface area contributed by atoms with Gasteiger partial charge in [-0.05, 0) is 23.1 Å². The summed E-state index contributed by atoms with van der Waals surface area (Å²) >= 11 is 0. The van der Waals surface area contributed by atoms with Gasteiger partial charge in [0.1, 0.15) is 36.5 Å². The molecule has 1 fully saturated rings. The number of benzene rings is 2. The Labute approximate surface area is 213 Å². The Hall–Kier alpha value is -3.32. The molecule has 2 heterocycles. The number of carbonyl (C=O) groups excluding carboxylic acids is 2. The van der Waals surface area contributed by atoms with Crippen LogP contribution in [0.1, 0.15) is 11.3 Å². The molecule has 2 aromatic carbocycles. The van der Waals surface area contributed by atoms with Gasteiger partial charge in [-0.1, -0.05) is 48.5 Å². The van der Waals surface area contributed by atoms with E-state index in [1.165, 1.54) is 0 Å². The summed E-state index contributed by atoms with van der Waals surface area (Å²) in [6.07, 6.45) is -6.86. The van der Waals surface area contributed by atoms with Crippen LogP contribution in [0.15, 0.2) is 60.7 Å². The predicted octanol–water partition coefficient (Wildman–Crippen LogP) is -1.35. The minimum absolute atomic E-state index is 0.147. The monoisotopic (exact) mass is 511 g/mol. The first-order valence-corrected chi connectivity index (χ1v) is 12.1. The Bertz CT molecular complexity index is 1170. The van der Waals surface area contributed by atoms with Crippen molar-refractivity contribution in [2.75, 3.05) is 6.54 Å². The highest BCUT2D eigenvalue weighted by Crippen LogP contribution is 2.23. The second-order valence-corrected chi connectivity index (χ2v) is 9.22. The maximum absolute atomic E-state index is 13.2. The van der Waals surface area contributed by atoms with Crippen molar-refractivity contribution in [1.29, 1.82) is 0 Å². The van der Waals surface area contributed by atoms with Crippen molar-refractivity contribution in [1.82, 2.24) is 15.6 Å². The van der Waals surface area contributed by atoms with Gasteiger partial charge in [0.2, 0.25) is 11.8 Å². The number of aliphatic hydroxyl groups is 3. The zero-order chi connectivity index (χ0) is 26.5. The first-order chi connectivity index (χ1) is 17.8. The van der Waals surface area contributed by atoms with Crippen LogP contribution in [0.4, 0.5) is 0 Å². The molecule has 7 atom stereocenters. The summed E-state index contributed by atoms with van der Waals surface area (Å²) in [6.45, 7) is 0.109. The molecule has 2 amide bonds. The summed E-state index contributed by atoms with van der Waals surface area (Å²) in [7, 11) is 0. The van der Waals surface area contributed by atoms with Gasteiger partial charge in [-0.3, -0.25) is 9.59 Å². The summed E-state index contributed by atoms with van der Waals surface area (Å²) in [5.74, 6) is -1.19. The number of rotatable bonds is 9. The van der Waals surface area contributed by atoms with Gasteiger partial charge in [-0.25, -0.2) is 0 Å². The van der Waals surface area contributed by atoms with Crippen LogP contribution in [0.2, 0.25) is 0 Å². The van der Waals surface area contributed by atoms with Crippen LogP contribution in [0.25, 0.3) is 10.9 Å². The first kappa shape index (κ1) is 26.7. The van der Waals surface area contributed by atoms with E-state index in [1.807, 2.05) is 60.7 Å². The number of fused-ring (bicyclic) bond motifs is 1. The lowest BCUT2D eigenvalue weighted by Crippen LogP contribution is -2.66. The Morgan fingerprint density at radius 1 is 0.973 bits per heavy atom. The molecule has 11 heteroatoms. The number of aromatic nitrogens is 1. The molecular formula is C26H33N5O6. The fourth-order valence-corrected chi connectivity index (χ4v) is 4.47. The van der Waals surface area contributed by atoms with Crippen molar-refractivity contribution in [3.8, 4) is 0 Å². The van der Waals surface area contributed by atoms with Crippen LogP contribution in [0, 0.1) is 0 Å². The minimum Gasteiger partial charge on any atom is -0.388 e. The number of nitrogens with one attached hydrogen (secondary N) is 3. The topological polar surface area (TPSA) is 196 Å². The normalized spacial score (nSPS) is 25.4. The molecule has 10 N–H and O–H groups in total. The SMILES string of the molecule is NCC1O[C@H](C(N)C(=O)N[C@@H](Cc2cc3ccccc3[nH]2)C(=O)NCc2ccccc2)C(O)[C@@H](O)[C@H]1O. The highest BCUT2D eigenvalue weighted by Gasteiger charge is 2.47. The number of ether oxygens (including phenoxy) is 1. The molecule has 198 valence electrons. The second kappa shape index (κ2) is 11.8. The van der Waals surface area contributed by atoms with Gasteiger partial charge in [0.15, 0.2) is 0 Å². The van der Waals surface area contributed by atoms with Crippen molar-refractivity contribution >= 4 is 22.7 Å². The van der Waals surface area contributed by atoms with Crippen molar-refractivity contribution in [3.05, 3.63) is 71.9 Å². The third kappa shape index (κ3) is 6.16. The molecule has 1 aliphatic rings. The van der Waals surface area contributed by atoms with Gasteiger partial charge in [-0.15, -0.1) is 0 Å². The lowest BCUT2D eigenvalue weighted by atomic mass is 9.91. The molecule has 0 saturated carbocycles. The molecule has 1 saturated heterocycles. The van der Waals surface area contributed by atoms with Crippen LogP contribution in [-0.4, -0.2) is 81.3 Å². The molecule has 3 aromatic rings. The van der Waals surface area contributed by atoms with Gasteiger partial charge >= 0.3 is 0 Å². The first-order valence-electron chi connectivity index (χ1n) is 12.1. The number of aliphatic hydroxyl groups excluding tert-OH is 3. The Morgan fingerprint density at radius 3 is 2.38 bits per heavy atom. The van der Waals surface area contributed by atoms with E-state index in [4.69, 9.17) is 16.2 Å². The van der Waals surface area contributed by atoms with Gasteiger partial charge in [-0.2, -0.15) is 0 Å². The highest BCUT2D eigenvalue weighted by atomic mass is 16.5. The molecule has 3 unspecified atom stereocenters. The average Bonchev–Trinajstić information content (AvgIpc) is 3.33. The van der Waals surface area contributed by atoms with Crippen LogP contribution in [0.5, 0.6) is 0 Å². The molecule has 0 bridgehead atoms. The lowest BCUT2D eigenvalue weighted by Gasteiger charge is -2.42. The standard InChI is InChI=1S/C26H33N5O6/c27-12-19-21(32)22(33)23(34)24(37-19)20(28)26(36)31-18(25(35)29-13-14-6-2-1-3-7-14)11-16-10-15-8-4-5-9-17(15)30-16/h1-10,18-24,30,32-34H,11-13,27-28H2,(H,29,35)(H,31,36)/t18-,19?,20?,21-,22-,23?,24+/m0/s1. The van der Waals surface area contributed by atoms with Gasteiger partial charge in [0, 0.05) is 30.7 Å². The molecule has 11 nitrogen and oxygen atoms in total. The van der Waals surface area contributed by atoms with E-state index in [2.05, 4.69) is 15.6 Å². The van der Waals surface area contributed by atoms with E-state index >= 15 is 0 Å². The maximum atomic E-state index is 13.2. The van der Waals surface area contributed by atoms with Gasteiger partial charge in [0.05, 0.1) is 6.10 Å².